The zero-order chi connectivity index (χ0) is 50.5. The quantitative estimate of drug-likeness (QED) is 0.130. The lowest BCUT2D eigenvalue weighted by atomic mass is 9.94. The first-order valence-corrected chi connectivity index (χ1v) is 35.8. The Hall–Kier alpha value is -7.61. The maximum Gasteiger partial charge on any atom is 0.352 e. The highest BCUT2D eigenvalue weighted by atomic mass is 28.5. The summed E-state index contributed by atoms with van der Waals surface area (Å²) in [4.78, 5) is 0. The van der Waals surface area contributed by atoms with Gasteiger partial charge < -0.3 is 16.5 Å². The van der Waals surface area contributed by atoms with Gasteiger partial charge in [0.05, 0.1) is 0 Å². The minimum absolute atomic E-state index is 1.09. The summed E-state index contributed by atoms with van der Waals surface area (Å²) >= 11 is 0. The summed E-state index contributed by atoms with van der Waals surface area (Å²) in [6, 6.07) is 81.5. The van der Waals surface area contributed by atoms with Crippen LogP contribution in [0.25, 0.3) is 129 Å². The van der Waals surface area contributed by atoms with Gasteiger partial charge in [-0.1, -0.05) is 218 Å². The lowest BCUT2D eigenvalue weighted by Gasteiger charge is -2.51. The Bertz CT molecular complexity index is 4400. The van der Waals surface area contributed by atoms with Gasteiger partial charge in [0, 0.05) is 20.7 Å². The average Bonchev–Trinajstić information content (AvgIpc) is 3.46. The van der Waals surface area contributed by atoms with Crippen LogP contribution in [0.4, 0.5) is 0 Å². The molecule has 1 aliphatic rings. The molecule has 1 fully saturated rings. The van der Waals surface area contributed by atoms with Crippen molar-refractivity contribution in [2.75, 3.05) is 0 Å². The van der Waals surface area contributed by atoms with E-state index in [0.717, 1.165) is 42.3 Å². The first kappa shape index (κ1) is 43.6. The summed E-state index contributed by atoms with van der Waals surface area (Å²) in [5.41, 5.74) is 0. The smallest absolute Gasteiger partial charge is 0.352 e. The highest BCUT2D eigenvalue weighted by Crippen LogP contribution is 2.43. The molecule has 0 unspecified atom stereocenters. The van der Waals surface area contributed by atoms with E-state index < -0.39 is 34.2 Å². The van der Waals surface area contributed by atoms with Crippen molar-refractivity contribution in [3.05, 3.63) is 218 Å². The van der Waals surface area contributed by atoms with Crippen LogP contribution in [-0.4, -0.2) is 34.2 Å². The summed E-state index contributed by atoms with van der Waals surface area (Å²) < 4.78 is 34.1. The molecular formula is C68H48O4Si4. The molecule has 0 atom stereocenters. The first-order valence-electron chi connectivity index (χ1n) is 26.5. The molecule has 0 amide bonds. The van der Waals surface area contributed by atoms with E-state index in [0.29, 0.717) is 0 Å². The van der Waals surface area contributed by atoms with Crippen molar-refractivity contribution in [2.45, 2.75) is 26.2 Å². The Kier molecular flexibility index (Phi) is 8.65. The number of hydrogen-bond donors (Lipinski definition) is 0. The maximum absolute atomic E-state index is 8.53. The molecule has 16 aromatic rings. The van der Waals surface area contributed by atoms with E-state index in [4.69, 9.17) is 16.5 Å². The largest absolute Gasteiger partial charge is 0.409 e. The molecule has 0 saturated carbocycles. The standard InChI is InChI=1S/C68H48O4Si4/c1-73(57-37-29-49-21-17-41-9-5-13-45-25-33-53(57)65(49)61(41)45)69-74(2,58-38-30-50-22-18-42-10-6-14-46-26-34-54(58)66(50)62(42)46)71-76(4,60-40-32-52-24-20-44-12-8-16-48-28-36-56(60)68(52)64(44)48)72-75(3,70-73)59-39-31-51-23-19-43-11-7-15-47-27-35-55(59)67(51)63(43)47/h5-40H,1-4H3. The van der Waals surface area contributed by atoms with Crippen LogP contribution in [0.5, 0.6) is 0 Å². The molecule has 360 valence electrons. The zero-order valence-electron chi connectivity index (χ0n) is 42.4. The molecule has 0 aromatic heterocycles. The monoisotopic (exact) mass is 1040 g/mol. The summed E-state index contributed by atoms with van der Waals surface area (Å²) in [6.45, 7) is 9.20. The second kappa shape index (κ2) is 15.1. The molecule has 1 aliphatic heterocycles. The molecule has 76 heavy (non-hydrogen) atoms. The maximum atomic E-state index is 8.53. The van der Waals surface area contributed by atoms with Crippen molar-refractivity contribution in [2.24, 2.45) is 0 Å². The summed E-state index contributed by atoms with van der Waals surface area (Å²) in [6.07, 6.45) is 0. The number of rotatable bonds is 4. The fraction of sp³-hybridized carbons (Fsp3) is 0.0588. The van der Waals surface area contributed by atoms with Crippen LogP contribution in [0, 0.1) is 0 Å². The lowest BCUT2D eigenvalue weighted by molar-refractivity contribution is 0.254. The molecule has 0 bridgehead atoms. The second-order valence-corrected chi connectivity index (χ2v) is 35.1. The fourth-order valence-electron chi connectivity index (χ4n) is 14.5. The Morgan fingerprint density at radius 1 is 0.184 bits per heavy atom. The van der Waals surface area contributed by atoms with Crippen LogP contribution >= 0.6 is 0 Å². The summed E-state index contributed by atoms with van der Waals surface area (Å²) in [7, 11) is -14.9. The zero-order valence-corrected chi connectivity index (χ0v) is 46.4. The van der Waals surface area contributed by atoms with Gasteiger partial charge in [0.1, 0.15) is 0 Å². The van der Waals surface area contributed by atoms with E-state index in [2.05, 4.69) is 245 Å². The van der Waals surface area contributed by atoms with E-state index >= 15 is 0 Å². The van der Waals surface area contributed by atoms with Gasteiger partial charge in [-0.2, -0.15) is 0 Å². The molecule has 16 aromatic carbocycles. The average molecular weight is 1040 g/mol. The van der Waals surface area contributed by atoms with Gasteiger partial charge in [0.15, 0.2) is 0 Å². The van der Waals surface area contributed by atoms with E-state index in [1.165, 1.54) is 108 Å². The van der Waals surface area contributed by atoms with Gasteiger partial charge in [-0.15, -0.1) is 0 Å². The van der Waals surface area contributed by atoms with Crippen molar-refractivity contribution < 1.29 is 16.5 Å². The van der Waals surface area contributed by atoms with E-state index in [1.807, 2.05) is 0 Å². The molecule has 4 nitrogen and oxygen atoms in total. The van der Waals surface area contributed by atoms with Crippen LogP contribution in [0.15, 0.2) is 218 Å². The Labute approximate surface area is 442 Å². The third kappa shape index (κ3) is 5.84. The van der Waals surface area contributed by atoms with Crippen molar-refractivity contribution in [3.8, 4) is 0 Å². The summed E-state index contributed by atoms with van der Waals surface area (Å²) in [5.74, 6) is 0. The number of benzene rings is 16. The minimum atomic E-state index is -3.73. The Morgan fingerprint density at radius 3 is 0.539 bits per heavy atom. The molecule has 0 spiro atoms. The molecule has 1 saturated heterocycles. The van der Waals surface area contributed by atoms with Crippen molar-refractivity contribution >= 4 is 184 Å². The predicted octanol–water partition coefficient (Wildman–Crippen LogP) is 15.6. The van der Waals surface area contributed by atoms with Crippen LogP contribution in [0.2, 0.25) is 26.2 Å². The van der Waals surface area contributed by atoms with Crippen LogP contribution in [0.3, 0.4) is 0 Å². The highest BCUT2D eigenvalue weighted by molar-refractivity contribution is 7.07. The SMILES string of the molecule is C[Si]1(c2ccc3ccc4cccc5ccc2c3c45)O[Si](C)(c2ccc3ccc4cccc5ccc2c3c45)O[Si](C)(c2ccc3ccc4cccc5ccc2c3c45)O[Si](C)(c2ccc3ccc4cccc5ccc2c3c45)O1. The molecule has 17 rings (SSSR count). The van der Waals surface area contributed by atoms with Crippen molar-refractivity contribution in [3.63, 3.8) is 0 Å². The first-order chi connectivity index (χ1) is 37.0. The van der Waals surface area contributed by atoms with Gasteiger partial charge in [0.25, 0.3) is 0 Å². The molecule has 0 N–H and O–H groups in total. The van der Waals surface area contributed by atoms with E-state index in [-0.39, 0.29) is 0 Å². The lowest BCUT2D eigenvalue weighted by Crippen LogP contribution is -2.77. The van der Waals surface area contributed by atoms with Crippen LogP contribution < -0.4 is 20.7 Å². The van der Waals surface area contributed by atoms with Gasteiger partial charge in [-0.05, 0) is 155 Å². The van der Waals surface area contributed by atoms with Crippen molar-refractivity contribution in [1.82, 2.24) is 0 Å². The Morgan fingerprint density at radius 2 is 0.342 bits per heavy atom. The second-order valence-electron chi connectivity index (χ2n) is 22.1. The van der Waals surface area contributed by atoms with E-state index in [1.54, 1.807) is 0 Å². The Balaban J connectivity index is 0.986. The molecule has 8 heteroatoms. The number of hydrogen-bond acceptors (Lipinski definition) is 4. The molecular weight excluding hydrogens is 993 g/mol. The minimum Gasteiger partial charge on any atom is -0.409 e. The third-order valence-corrected chi connectivity index (χ3v) is 35.8. The molecule has 1 heterocycles. The fourth-order valence-corrected chi connectivity index (χ4v) is 36.4. The van der Waals surface area contributed by atoms with Gasteiger partial charge in [-0.3, -0.25) is 0 Å². The highest BCUT2D eigenvalue weighted by Gasteiger charge is 2.61. The topological polar surface area (TPSA) is 36.9 Å². The third-order valence-electron chi connectivity index (χ3n) is 17.6. The van der Waals surface area contributed by atoms with Crippen molar-refractivity contribution in [1.29, 1.82) is 0 Å². The molecule has 0 aliphatic carbocycles. The predicted molar refractivity (Wildman–Crippen MR) is 330 cm³/mol. The normalized spacial score (nSPS) is 21.9. The van der Waals surface area contributed by atoms with Gasteiger partial charge in [-0.25, -0.2) is 0 Å². The van der Waals surface area contributed by atoms with Gasteiger partial charge >= 0.3 is 34.2 Å². The van der Waals surface area contributed by atoms with Crippen LogP contribution in [0.1, 0.15) is 0 Å². The summed E-state index contributed by atoms with van der Waals surface area (Å²) in [5, 5.41) is 33.6. The molecule has 0 radical (unpaired) electrons. The van der Waals surface area contributed by atoms with E-state index in [9.17, 15) is 0 Å². The van der Waals surface area contributed by atoms with Gasteiger partial charge in [0.2, 0.25) is 0 Å². The van der Waals surface area contributed by atoms with Crippen LogP contribution in [-0.2, 0) is 16.5 Å².